The summed E-state index contributed by atoms with van der Waals surface area (Å²) in [7, 11) is 0. The van der Waals surface area contributed by atoms with Gasteiger partial charge in [0.1, 0.15) is 5.78 Å². The van der Waals surface area contributed by atoms with Crippen molar-refractivity contribution in [2.24, 2.45) is 17.8 Å². The third kappa shape index (κ3) is 3.99. The van der Waals surface area contributed by atoms with Gasteiger partial charge in [0.2, 0.25) is 0 Å². The number of allylic oxidation sites excluding steroid dienone is 4. The van der Waals surface area contributed by atoms with E-state index in [2.05, 4.69) is 27.0 Å². The molecule has 0 N–H and O–H groups in total. The van der Waals surface area contributed by atoms with Crippen LogP contribution >= 0.6 is 0 Å². The van der Waals surface area contributed by atoms with Crippen molar-refractivity contribution in [1.29, 1.82) is 0 Å². The molecule has 94 valence electrons. The molecule has 0 radical (unpaired) electrons. The Morgan fingerprint density at radius 3 is 2.65 bits per heavy atom. The van der Waals surface area contributed by atoms with Gasteiger partial charge in [-0.3, -0.25) is 4.79 Å². The van der Waals surface area contributed by atoms with Crippen LogP contribution in [-0.2, 0) is 4.79 Å². The summed E-state index contributed by atoms with van der Waals surface area (Å²) in [4.78, 5) is 12.3. The highest BCUT2D eigenvalue weighted by molar-refractivity contribution is 5.83. The van der Waals surface area contributed by atoms with Crippen LogP contribution in [0.2, 0.25) is 0 Å². The van der Waals surface area contributed by atoms with Crippen molar-refractivity contribution in [2.45, 2.75) is 39.5 Å². The highest BCUT2D eigenvalue weighted by Crippen LogP contribution is 2.31. The summed E-state index contributed by atoms with van der Waals surface area (Å²) in [6, 6.07) is 0. The zero-order chi connectivity index (χ0) is 12.8. The second-order valence-electron chi connectivity index (χ2n) is 5.30. The summed E-state index contributed by atoms with van der Waals surface area (Å²) in [5.41, 5.74) is 1.13. The van der Waals surface area contributed by atoms with E-state index in [1.165, 1.54) is 6.42 Å². The van der Waals surface area contributed by atoms with Crippen molar-refractivity contribution in [3.8, 4) is 0 Å². The van der Waals surface area contributed by atoms with E-state index in [1.807, 2.05) is 12.2 Å². The first-order valence-electron chi connectivity index (χ1n) is 6.56. The van der Waals surface area contributed by atoms with Crippen molar-refractivity contribution in [3.05, 3.63) is 37.0 Å². The Hall–Kier alpha value is -1.11. The summed E-state index contributed by atoms with van der Waals surface area (Å²) >= 11 is 0. The summed E-state index contributed by atoms with van der Waals surface area (Å²) in [5.74, 6) is 1.51. The van der Waals surface area contributed by atoms with Crippen LogP contribution < -0.4 is 0 Å². The maximum atomic E-state index is 12.3. The Kier molecular flexibility index (Phi) is 5.40. The lowest BCUT2D eigenvalue weighted by Crippen LogP contribution is -2.20. The highest BCUT2D eigenvalue weighted by Gasteiger charge is 2.29. The van der Waals surface area contributed by atoms with Crippen molar-refractivity contribution in [3.63, 3.8) is 0 Å². The molecule has 1 saturated carbocycles. The summed E-state index contributed by atoms with van der Waals surface area (Å²) in [6.07, 6.45) is 9.62. The summed E-state index contributed by atoms with van der Waals surface area (Å²) in [6.45, 7) is 11.8. The summed E-state index contributed by atoms with van der Waals surface area (Å²) < 4.78 is 0. The van der Waals surface area contributed by atoms with Crippen molar-refractivity contribution in [2.75, 3.05) is 0 Å². The number of ketones is 1. The number of rotatable bonds is 4. The first kappa shape index (κ1) is 14.0. The number of hydrogen-bond donors (Lipinski definition) is 0. The van der Waals surface area contributed by atoms with Crippen LogP contribution in [0.1, 0.15) is 39.5 Å². The normalized spacial score (nSPS) is 30.8. The molecule has 1 aliphatic carbocycles. The molecule has 1 fully saturated rings. The third-order valence-electron chi connectivity index (χ3n) is 3.73. The Morgan fingerprint density at radius 2 is 2.06 bits per heavy atom. The SMILES string of the molecule is C=C/C=C(\C=C)CC1CCC(C)CC(C)C1=O. The fourth-order valence-corrected chi connectivity index (χ4v) is 2.73. The zero-order valence-corrected chi connectivity index (χ0v) is 11.1. The van der Waals surface area contributed by atoms with Gasteiger partial charge in [-0.2, -0.15) is 0 Å². The average Bonchev–Trinajstić information content (AvgIpc) is 2.42. The maximum Gasteiger partial charge on any atom is 0.139 e. The molecule has 0 bridgehead atoms. The van der Waals surface area contributed by atoms with Gasteiger partial charge in [-0.05, 0) is 37.2 Å². The van der Waals surface area contributed by atoms with Gasteiger partial charge in [0.05, 0.1) is 0 Å². The van der Waals surface area contributed by atoms with Crippen molar-refractivity contribution >= 4 is 5.78 Å². The predicted molar refractivity (Wildman–Crippen MR) is 73.8 cm³/mol. The van der Waals surface area contributed by atoms with E-state index in [9.17, 15) is 4.79 Å². The number of carbonyl (C=O) groups excluding carboxylic acids is 1. The third-order valence-corrected chi connectivity index (χ3v) is 3.73. The minimum absolute atomic E-state index is 0.180. The molecule has 1 heteroatoms. The molecule has 0 aromatic carbocycles. The lowest BCUT2D eigenvalue weighted by Gasteiger charge is -2.16. The van der Waals surface area contributed by atoms with Gasteiger partial charge in [-0.15, -0.1) is 0 Å². The molecule has 0 spiro atoms. The van der Waals surface area contributed by atoms with E-state index in [0.717, 1.165) is 24.8 Å². The smallest absolute Gasteiger partial charge is 0.139 e. The van der Waals surface area contributed by atoms with E-state index in [1.54, 1.807) is 6.08 Å². The molecule has 3 atom stereocenters. The quantitative estimate of drug-likeness (QED) is 0.521. The maximum absolute atomic E-state index is 12.3. The Labute approximate surface area is 105 Å². The second-order valence-corrected chi connectivity index (χ2v) is 5.30. The standard InChI is InChI=1S/C16H24O/c1-5-7-14(6-2)11-15-9-8-12(3)10-13(4)16(15)17/h5-7,12-13,15H,1-2,8-11H2,3-4H3/b14-7+. The lowest BCUT2D eigenvalue weighted by molar-refractivity contribution is -0.126. The molecule has 1 aliphatic rings. The largest absolute Gasteiger partial charge is 0.299 e. The van der Waals surface area contributed by atoms with E-state index >= 15 is 0 Å². The Balaban J connectivity index is 2.74. The first-order valence-corrected chi connectivity index (χ1v) is 6.56. The minimum Gasteiger partial charge on any atom is -0.299 e. The molecular formula is C16H24O. The van der Waals surface area contributed by atoms with Crippen LogP contribution in [0.5, 0.6) is 0 Å². The fraction of sp³-hybridized carbons (Fsp3) is 0.562. The van der Waals surface area contributed by atoms with Crippen LogP contribution in [0.3, 0.4) is 0 Å². The van der Waals surface area contributed by atoms with E-state index < -0.39 is 0 Å². The minimum atomic E-state index is 0.180. The highest BCUT2D eigenvalue weighted by atomic mass is 16.1. The van der Waals surface area contributed by atoms with Crippen LogP contribution in [0, 0.1) is 17.8 Å². The van der Waals surface area contributed by atoms with Gasteiger partial charge in [0, 0.05) is 11.8 Å². The van der Waals surface area contributed by atoms with Crippen molar-refractivity contribution in [1.82, 2.24) is 0 Å². The fourth-order valence-electron chi connectivity index (χ4n) is 2.73. The molecule has 0 saturated heterocycles. The molecule has 3 unspecified atom stereocenters. The lowest BCUT2D eigenvalue weighted by atomic mass is 9.87. The number of carbonyl (C=O) groups is 1. The van der Waals surface area contributed by atoms with Gasteiger partial charge in [-0.25, -0.2) is 0 Å². The molecule has 0 amide bonds. The number of hydrogen-bond acceptors (Lipinski definition) is 1. The number of Topliss-reactive ketones (excluding diaryl/α,β-unsaturated/α-hetero) is 1. The monoisotopic (exact) mass is 232 g/mol. The van der Waals surface area contributed by atoms with Crippen LogP contribution in [0.4, 0.5) is 0 Å². The first-order chi connectivity index (χ1) is 8.08. The molecule has 1 rings (SSSR count). The average molecular weight is 232 g/mol. The topological polar surface area (TPSA) is 17.1 Å². The van der Waals surface area contributed by atoms with Crippen LogP contribution in [0.15, 0.2) is 37.0 Å². The molecule has 1 nitrogen and oxygen atoms in total. The van der Waals surface area contributed by atoms with E-state index in [0.29, 0.717) is 11.7 Å². The molecular weight excluding hydrogens is 208 g/mol. The zero-order valence-electron chi connectivity index (χ0n) is 11.1. The van der Waals surface area contributed by atoms with E-state index in [-0.39, 0.29) is 11.8 Å². The molecule has 0 aliphatic heterocycles. The Morgan fingerprint density at radius 1 is 1.35 bits per heavy atom. The van der Waals surface area contributed by atoms with Crippen molar-refractivity contribution < 1.29 is 4.79 Å². The second kappa shape index (κ2) is 6.58. The van der Waals surface area contributed by atoms with Gasteiger partial charge in [0.15, 0.2) is 0 Å². The van der Waals surface area contributed by atoms with Gasteiger partial charge < -0.3 is 0 Å². The molecule has 0 heterocycles. The Bertz CT molecular complexity index is 324. The predicted octanol–water partition coefficient (Wildman–Crippen LogP) is 4.32. The van der Waals surface area contributed by atoms with Gasteiger partial charge in [0.25, 0.3) is 0 Å². The molecule has 17 heavy (non-hydrogen) atoms. The van der Waals surface area contributed by atoms with Crippen LogP contribution in [0.25, 0.3) is 0 Å². The summed E-state index contributed by atoms with van der Waals surface area (Å²) in [5, 5.41) is 0. The van der Waals surface area contributed by atoms with E-state index in [4.69, 9.17) is 0 Å². The van der Waals surface area contributed by atoms with Gasteiger partial charge in [-0.1, -0.05) is 45.2 Å². The van der Waals surface area contributed by atoms with Crippen LogP contribution in [-0.4, -0.2) is 5.78 Å². The molecule has 0 aromatic rings. The van der Waals surface area contributed by atoms with Gasteiger partial charge >= 0.3 is 0 Å². The molecule has 0 aromatic heterocycles.